The molecule has 0 bridgehead atoms. The van der Waals surface area contributed by atoms with Gasteiger partial charge in [0.2, 0.25) is 5.91 Å². The maximum Gasteiger partial charge on any atom is 0.234 e. The maximum absolute atomic E-state index is 11.3. The van der Waals surface area contributed by atoms with Gasteiger partial charge in [-0.2, -0.15) is 0 Å². The molecule has 0 aliphatic carbocycles. The number of hydrogen-bond acceptors (Lipinski definition) is 3. The molecule has 1 saturated heterocycles. The highest BCUT2D eigenvalue weighted by Crippen LogP contribution is 2.19. The van der Waals surface area contributed by atoms with Crippen molar-refractivity contribution in [3.63, 3.8) is 0 Å². The van der Waals surface area contributed by atoms with Gasteiger partial charge in [-0.25, -0.2) is 0 Å². The first kappa shape index (κ1) is 12.5. The normalized spacial score (nSPS) is 21.3. The van der Waals surface area contributed by atoms with Crippen molar-refractivity contribution in [2.75, 3.05) is 26.2 Å². The number of amides is 1. The minimum Gasteiger partial charge on any atom is -0.393 e. The lowest BCUT2D eigenvalue weighted by Crippen LogP contribution is -2.42. The number of likely N-dealkylation sites (tertiary alicyclic amines) is 1. The minimum absolute atomic E-state index is 0.105. The zero-order valence-corrected chi connectivity index (χ0v) is 9.70. The van der Waals surface area contributed by atoms with Gasteiger partial charge < -0.3 is 10.4 Å². The molecule has 0 aromatic heterocycles. The van der Waals surface area contributed by atoms with E-state index in [4.69, 9.17) is 0 Å². The van der Waals surface area contributed by atoms with Gasteiger partial charge in [0.05, 0.1) is 12.6 Å². The molecule has 1 rings (SSSR count). The first-order chi connectivity index (χ1) is 7.13. The summed E-state index contributed by atoms with van der Waals surface area (Å²) >= 11 is 0. The van der Waals surface area contributed by atoms with Crippen molar-refractivity contribution in [3.8, 4) is 0 Å². The van der Waals surface area contributed by atoms with Crippen LogP contribution in [0.15, 0.2) is 0 Å². The van der Waals surface area contributed by atoms with E-state index < -0.39 is 0 Å². The van der Waals surface area contributed by atoms with Crippen LogP contribution in [-0.4, -0.2) is 48.2 Å². The summed E-state index contributed by atoms with van der Waals surface area (Å²) in [6.07, 6.45) is 1.78. The number of piperidine rings is 1. The van der Waals surface area contributed by atoms with Gasteiger partial charge in [-0.3, -0.25) is 9.69 Å². The molecule has 88 valence electrons. The first-order valence-electron chi connectivity index (χ1n) is 5.80. The lowest BCUT2D eigenvalue weighted by Gasteiger charge is -2.32. The van der Waals surface area contributed by atoms with Crippen molar-refractivity contribution in [2.24, 2.45) is 5.92 Å². The maximum atomic E-state index is 11.3. The Morgan fingerprint density at radius 3 is 2.60 bits per heavy atom. The average Bonchev–Trinajstić information content (AvgIpc) is 2.18. The molecule has 1 atom stereocenters. The fourth-order valence-corrected chi connectivity index (χ4v) is 2.05. The molecule has 1 unspecified atom stereocenters. The number of nitrogens with one attached hydrogen (secondary N) is 1. The van der Waals surface area contributed by atoms with E-state index in [0.717, 1.165) is 25.9 Å². The summed E-state index contributed by atoms with van der Waals surface area (Å²) in [6.45, 7) is 6.82. The molecular formula is C11H22N2O2. The molecule has 1 heterocycles. The standard InChI is InChI=1S/C11H22N2O2/c1-3-12-11(15)8-13-6-4-10(5-7-13)9(2)14/h9-10,14H,3-8H2,1-2H3,(H,12,15). The van der Waals surface area contributed by atoms with E-state index in [1.807, 2.05) is 13.8 Å². The SMILES string of the molecule is CCNC(=O)CN1CCC(C(C)O)CC1. The minimum atomic E-state index is -0.211. The first-order valence-corrected chi connectivity index (χ1v) is 5.80. The van der Waals surface area contributed by atoms with Crippen molar-refractivity contribution < 1.29 is 9.90 Å². The number of hydrogen-bond donors (Lipinski definition) is 2. The largest absolute Gasteiger partial charge is 0.393 e. The molecule has 1 fully saturated rings. The van der Waals surface area contributed by atoms with Gasteiger partial charge >= 0.3 is 0 Å². The summed E-state index contributed by atoms with van der Waals surface area (Å²) < 4.78 is 0. The Morgan fingerprint density at radius 1 is 1.53 bits per heavy atom. The summed E-state index contributed by atoms with van der Waals surface area (Å²) in [5.41, 5.74) is 0. The summed E-state index contributed by atoms with van der Waals surface area (Å²) in [5.74, 6) is 0.517. The zero-order valence-electron chi connectivity index (χ0n) is 9.70. The predicted molar refractivity (Wildman–Crippen MR) is 59.5 cm³/mol. The molecule has 2 N–H and O–H groups in total. The molecule has 0 saturated carbocycles. The van der Waals surface area contributed by atoms with Crippen LogP contribution in [0.4, 0.5) is 0 Å². The van der Waals surface area contributed by atoms with Crippen LogP contribution in [0.3, 0.4) is 0 Å². The van der Waals surface area contributed by atoms with Crippen LogP contribution >= 0.6 is 0 Å². The van der Waals surface area contributed by atoms with Crippen LogP contribution < -0.4 is 5.32 Å². The van der Waals surface area contributed by atoms with E-state index in [1.165, 1.54) is 0 Å². The Morgan fingerprint density at radius 2 is 2.13 bits per heavy atom. The molecule has 0 aromatic carbocycles. The molecule has 0 aromatic rings. The number of carbonyl (C=O) groups is 1. The van der Waals surface area contributed by atoms with E-state index in [2.05, 4.69) is 10.2 Å². The topological polar surface area (TPSA) is 52.6 Å². The quantitative estimate of drug-likeness (QED) is 0.703. The third-order valence-electron chi connectivity index (χ3n) is 3.06. The van der Waals surface area contributed by atoms with Crippen LogP contribution in [0.1, 0.15) is 26.7 Å². The third kappa shape index (κ3) is 4.18. The highest BCUT2D eigenvalue weighted by atomic mass is 16.3. The lowest BCUT2D eigenvalue weighted by atomic mass is 9.92. The zero-order chi connectivity index (χ0) is 11.3. The smallest absolute Gasteiger partial charge is 0.234 e. The Balaban J connectivity index is 2.22. The van der Waals surface area contributed by atoms with Gasteiger partial charge in [-0.15, -0.1) is 0 Å². The van der Waals surface area contributed by atoms with E-state index in [-0.39, 0.29) is 12.0 Å². The molecule has 1 aliphatic heterocycles. The molecule has 1 amide bonds. The molecule has 4 heteroatoms. The van der Waals surface area contributed by atoms with Crippen molar-refractivity contribution >= 4 is 5.91 Å². The van der Waals surface area contributed by atoms with Gasteiger partial charge in [0.25, 0.3) is 0 Å². The Labute approximate surface area is 91.6 Å². The van der Waals surface area contributed by atoms with E-state index in [1.54, 1.807) is 0 Å². The predicted octanol–water partition coefficient (Wildman–Crippen LogP) is 0.215. The van der Waals surface area contributed by atoms with Crippen molar-refractivity contribution in [1.82, 2.24) is 10.2 Å². The summed E-state index contributed by atoms with van der Waals surface area (Å²) in [4.78, 5) is 13.5. The highest BCUT2D eigenvalue weighted by Gasteiger charge is 2.23. The van der Waals surface area contributed by atoms with Gasteiger partial charge in [0.15, 0.2) is 0 Å². The molecular weight excluding hydrogens is 192 g/mol. The van der Waals surface area contributed by atoms with E-state index >= 15 is 0 Å². The third-order valence-corrected chi connectivity index (χ3v) is 3.06. The van der Waals surface area contributed by atoms with Gasteiger partial charge in [0.1, 0.15) is 0 Å². The van der Waals surface area contributed by atoms with Gasteiger partial charge in [-0.1, -0.05) is 0 Å². The molecule has 0 radical (unpaired) electrons. The van der Waals surface area contributed by atoms with Crippen LogP contribution in [-0.2, 0) is 4.79 Å². The second kappa shape index (κ2) is 6.08. The number of nitrogens with zero attached hydrogens (tertiary/aromatic N) is 1. The molecule has 15 heavy (non-hydrogen) atoms. The number of aliphatic hydroxyl groups excluding tert-OH is 1. The fourth-order valence-electron chi connectivity index (χ4n) is 2.05. The van der Waals surface area contributed by atoms with E-state index in [9.17, 15) is 9.90 Å². The van der Waals surface area contributed by atoms with Gasteiger partial charge in [0, 0.05) is 6.54 Å². The Hall–Kier alpha value is -0.610. The summed E-state index contributed by atoms with van der Waals surface area (Å²) in [7, 11) is 0. The number of aliphatic hydroxyl groups is 1. The van der Waals surface area contributed by atoms with Crippen LogP contribution in [0, 0.1) is 5.92 Å². The van der Waals surface area contributed by atoms with E-state index in [0.29, 0.717) is 19.0 Å². The van der Waals surface area contributed by atoms with Crippen molar-refractivity contribution in [1.29, 1.82) is 0 Å². The lowest BCUT2D eigenvalue weighted by molar-refractivity contribution is -0.122. The Bertz CT molecular complexity index is 199. The molecule has 1 aliphatic rings. The second-order valence-corrected chi connectivity index (χ2v) is 4.31. The monoisotopic (exact) mass is 214 g/mol. The number of carbonyl (C=O) groups excluding carboxylic acids is 1. The fraction of sp³-hybridized carbons (Fsp3) is 0.909. The number of likely N-dealkylation sites (N-methyl/N-ethyl adjacent to an activating group) is 1. The van der Waals surface area contributed by atoms with Crippen molar-refractivity contribution in [2.45, 2.75) is 32.8 Å². The van der Waals surface area contributed by atoms with Crippen LogP contribution in [0.5, 0.6) is 0 Å². The number of rotatable bonds is 4. The van der Waals surface area contributed by atoms with Crippen LogP contribution in [0.2, 0.25) is 0 Å². The Kier molecular flexibility index (Phi) is 5.05. The molecule has 0 spiro atoms. The van der Waals surface area contributed by atoms with Crippen molar-refractivity contribution in [3.05, 3.63) is 0 Å². The van der Waals surface area contributed by atoms with Gasteiger partial charge in [-0.05, 0) is 45.7 Å². The van der Waals surface area contributed by atoms with Crippen LogP contribution in [0.25, 0.3) is 0 Å². The average molecular weight is 214 g/mol. The second-order valence-electron chi connectivity index (χ2n) is 4.31. The molecule has 4 nitrogen and oxygen atoms in total. The highest BCUT2D eigenvalue weighted by molar-refractivity contribution is 5.77. The summed E-state index contributed by atoms with van der Waals surface area (Å²) in [6, 6.07) is 0. The summed E-state index contributed by atoms with van der Waals surface area (Å²) in [5, 5.41) is 12.2.